The fourth-order valence-corrected chi connectivity index (χ4v) is 3.20. The van der Waals surface area contributed by atoms with E-state index in [1.807, 2.05) is 0 Å². The van der Waals surface area contributed by atoms with Crippen molar-refractivity contribution in [3.63, 3.8) is 0 Å². The number of hydrogen-bond acceptors (Lipinski definition) is 7. The second-order valence-corrected chi connectivity index (χ2v) is 7.52. The highest BCUT2D eigenvalue weighted by Crippen LogP contribution is 2.23. The molecule has 3 rings (SSSR count). The number of rotatable bonds is 8. The maximum atomic E-state index is 9.55. The van der Waals surface area contributed by atoms with E-state index in [2.05, 4.69) is 52.3 Å². The monoisotopic (exact) mass is 501 g/mol. The lowest BCUT2D eigenvalue weighted by Gasteiger charge is -2.36. The predicted molar refractivity (Wildman–Crippen MR) is 135 cm³/mol. The third kappa shape index (κ3) is 12.9. The summed E-state index contributed by atoms with van der Waals surface area (Å²) in [5, 5.41) is 33.9. The van der Waals surface area contributed by atoms with Gasteiger partial charge in [0.1, 0.15) is 0 Å². The molecule has 1 aliphatic heterocycles. The highest BCUT2D eigenvalue weighted by atomic mass is 16.4. The molecule has 0 aliphatic carbocycles. The molecule has 0 bridgehead atoms. The number of fused-ring (bicyclic) bond motifs is 1. The Morgan fingerprint density at radius 2 is 1.19 bits per heavy atom. The lowest BCUT2D eigenvalue weighted by Crippen LogP contribution is -2.46. The van der Waals surface area contributed by atoms with Crippen molar-refractivity contribution in [1.29, 1.82) is 0 Å². The van der Waals surface area contributed by atoms with Crippen LogP contribution in [0.4, 0.5) is 5.69 Å². The molecular weight excluding hydrogens is 470 g/mol. The van der Waals surface area contributed by atoms with Gasteiger partial charge < -0.3 is 31.1 Å². The van der Waals surface area contributed by atoms with E-state index in [0.29, 0.717) is 24.3 Å². The highest BCUT2D eigenvalue weighted by molar-refractivity contribution is 5.90. The molecule has 0 aromatic heterocycles. The second kappa shape index (κ2) is 16.4. The summed E-state index contributed by atoms with van der Waals surface area (Å²) in [5.74, 6) is -5.03. The first-order chi connectivity index (χ1) is 17.1. The summed E-state index contributed by atoms with van der Waals surface area (Å²) in [6.07, 6.45) is 3.34. The van der Waals surface area contributed by atoms with E-state index in [-0.39, 0.29) is 0 Å². The highest BCUT2D eigenvalue weighted by Gasteiger charge is 2.16. The van der Waals surface area contributed by atoms with Crippen molar-refractivity contribution in [2.75, 3.05) is 44.2 Å². The molecular formula is C25H31N3O8. The quantitative estimate of drug-likeness (QED) is 0.332. The number of aliphatic carboxylic acids is 4. The van der Waals surface area contributed by atoms with Crippen molar-refractivity contribution in [3.05, 3.63) is 66.8 Å². The fraction of sp³-hybridized carbons (Fsp3) is 0.280. The average Bonchev–Trinajstić information content (AvgIpc) is 2.86. The van der Waals surface area contributed by atoms with Crippen molar-refractivity contribution in [2.24, 2.45) is 5.73 Å². The maximum Gasteiger partial charge on any atom is 0.328 e. The van der Waals surface area contributed by atoms with E-state index < -0.39 is 23.9 Å². The lowest BCUT2D eigenvalue weighted by molar-refractivity contribution is -0.134. The first-order valence-corrected chi connectivity index (χ1v) is 11.1. The largest absolute Gasteiger partial charge is 0.478 e. The molecule has 36 heavy (non-hydrogen) atoms. The molecule has 0 radical (unpaired) electrons. The summed E-state index contributed by atoms with van der Waals surface area (Å²) in [6, 6.07) is 15.4. The number of nitrogens with two attached hydrogens (primary N) is 1. The van der Waals surface area contributed by atoms with Gasteiger partial charge in [0.05, 0.1) is 0 Å². The van der Waals surface area contributed by atoms with E-state index >= 15 is 0 Å². The van der Waals surface area contributed by atoms with Crippen LogP contribution in [0.25, 0.3) is 10.8 Å². The molecule has 194 valence electrons. The van der Waals surface area contributed by atoms with E-state index in [1.165, 1.54) is 16.5 Å². The third-order valence-electron chi connectivity index (χ3n) is 4.89. The fourth-order valence-electron chi connectivity index (χ4n) is 3.20. The van der Waals surface area contributed by atoms with Crippen molar-refractivity contribution in [1.82, 2.24) is 4.90 Å². The van der Waals surface area contributed by atoms with Gasteiger partial charge in [0.15, 0.2) is 0 Å². The first kappa shape index (κ1) is 29.8. The zero-order valence-corrected chi connectivity index (χ0v) is 19.7. The minimum absolute atomic E-state index is 0.558. The van der Waals surface area contributed by atoms with Gasteiger partial charge in [0, 0.05) is 56.2 Å². The number of anilines is 1. The first-order valence-electron chi connectivity index (χ1n) is 11.1. The van der Waals surface area contributed by atoms with Crippen LogP contribution in [0.3, 0.4) is 0 Å². The smallest absolute Gasteiger partial charge is 0.328 e. The van der Waals surface area contributed by atoms with Crippen molar-refractivity contribution in [2.45, 2.75) is 6.42 Å². The third-order valence-corrected chi connectivity index (χ3v) is 4.89. The zero-order chi connectivity index (χ0) is 26.9. The number of piperazine rings is 1. The van der Waals surface area contributed by atoms with Gasteiger partial charge in [-0.25, -0.2) is 19.2 Å². The van der Waals surface area contributed by atoms with Gasteiger partial charge in [-0.1, -0.05) is 30.3 Å². The molecule has 11 nitrogen and oxygen atoms in total. The molecule has 2 aromatic rings. The molecule has 1 aliphatic rings. The van der Waals surface area contributed by atoms with Crippen LogP contribution in [-0.4, -0.2) is 88.5 Å². The average molecular weight is 502 g/mol. The molecule has 0 atom stereocenters. The number of carboxylic acids is 4. The number of hydrogen-bond donors (Lipinski definition) is 5. The Morgan fingerprint density at radius 3 is 1.64 bits per heavy atom. The summed E-state index contributed by atoms with van der Waals surface area (Å²) in [7, 11) is 0. The summed E-state index contributed by atoms with van der Waals surface area (Å²) < 4.78 is 0. The van der Waals surface area contributed by atoms with Crippen LogP contribution >= 0.6 is 0 Å². The Morgan fingerprint density at radius 1 is 0.722 bits per heavy atom. The molecule has 11 heteroatoms. The summed E-state index contributed by atoms with van der Waals surface area (Å²) in [4.78, 5) is 43.2. The topological polar surface area (TPSA) is 182 Å². The van der Waals surface area contributed by atoms with E-state index in [9.17, 15) is 19.2 Å². The van der Waals surface area contributed by atoms with Crippen LogP contribution in [-0.2, 0) is 19.2 Å². The molecule has 2 aromatic carbocycles. The lowest BCUT2D eigenvalue weighted by atomic mass is 10.1. The molecule has 1 heterocycles. The number of carbonyl (C=O) groups is 4. The Kier molecular flexibility index (Phi) is 13.6. The summed E-state index contributed by atoms with van der Waals surface area (Å²) >= 11 is 0. The van der Waals surface area contributed by atoms with Crippen LogP contribution in [0.5, 0.6) is 0 Å². The zero-order valence-electron chi connectivity index (χ0n) is 19.7. The van der Waals surface area contributed by atoms with Gasteiger partial charge in [-0.05, 0) is 42.4 Å². The van der Waals surface area contributed by atoms with Crippen molar-refractivity contribution >= 4 is 40.3 Å². The summed E-state index contributed by atoms with van der Waals surface area (Å²) in [6.45, 7) is 6.46. The van der Waals surface area contributed by atoms with Crippen LogP contribution in [0.2, 0.25) is 0 Å². The van der Waals surface area contributed by atoms with Gasteiger partial charge in [0.25, 0.3) is 0 Å². The minimum atomic E-state index is -1.26. The Labute approximate surface area is 208 Å². The molecule has 0 amide bonds. The van der Waals surface area contributed by atoms with Crippen LogP contribution in [0, 0.1) is 0 Å². The van der Waals surface area contributed by atoms with E-state index in [0.717, 1.165) is 45.7 Å². The van der Waals surface area contributed by atoms with Crippen LogP contribution in [0.1, 0.15) is 6.42 Å². The van der Waals surface area contributed by atoms with Gasteiger partial charge in [-0.3, -0.25) is 4.90 Å². The standard InChI is InChI=1S/C17H23N3.2C4H4O4/c18-8-3-9-19-10-12-20(13-11-19)17-7-6-15-4-1-2-5-16(15)14-17;2*5-3(6)1-2-4(7)8/h1-2,4-7,14H,3,8-13,18H2;2*1-2H,(H,5,6)(H,7,8)/b;2*2-1-. The molecule has 1 fully saturated rings. The predicted octanol–water partition coefficient (Wildman–Crippen LogP) is 1.73. The normalized spacial score (nSPS) is 13.5. The molecule has 1 saturated heterocycles. The number of nitrogens with zero attached hydrogens (tertiary/aromatic N) is 2. The Balaban J connectivity index is 0.000000337. The molecule has 0 spiro atoms. The van der Waals surface area contributed by atoms with Crippen LogP contribution < -0.4 is 10.6 Å². The summed E-state index contributed by atoms with van der Waals surface area (Å²) in [5.41, 5.74) is 6.93. The number of carboxylic acid groups (broad SMARTS) is 4. The van der Waals surface area contributed by atoms with Crippen molar-refractivity contribution < 1.29 is 39.6 Å². The van der Waals surface area contributed by atoms with Crippen molar-refractivity contribution in [3.8, 4) is 0 Å². The SMILES string of the molecule is NCCCN1CCN(c2ccc3ccccc3c2)CC1.O=C(O)/C=C\C(=O)O.O=C(O)/C=C\C(=O)O. The molecule has 0 unspecified atom stereocenters. The molecule has 0 saturated carbocycles. The Bertz CT molecular complexity index is 1010. The van der Waals surface area contributed by atoms with Crippen LogP contribution in [0.15, 0.2) is 66.8 Å². The van der Waals surface area contributed by atoms with Gasteiger partial charge in [-0.2, -0.15) is 0 Å². The minimum Gasteiger partial charge on any atom is -0.478 e. The molecule has 6 N–H and O–H groups in total. The van der Waals surface area contributed by atoms with Gasteiger partial charge in [0.2, 0.25) is 0 Å². The Hall–Kier alpha value is -4.22. The van der Waals surface area contributed by atoms with Gasteiger partial charge in [-0.15, -0.1) is 0 Å². The van der Waals surface area contributed by atoms with Gasteiger partial charge >= 0.3 is 23.9 Å². The van der Waals surface area contributed by atoms with E-state index in [1.54, 1.807) is 0 Å². The maximum absolute atomic E-state index is 9.55. The number of benzene rings is 2. The van der Waals surface area contributed by atoms with E-state index in [4.69, 9.17) is 26.2 Å². The second-order valence-electron chi connectivity index (χ2n) is 7.52.